The Labute approximate surface area is 171 Å². The van der Waals surface area contributed by atoms with E-state index in [0.29, 0.717) is 0 Å². The number of hydrogen-bond acceptors (Lipinski definition) is 4. The first-order valence-electron chi connectivity index (χ1n) is 7.29. The van der Waals surface area contributed by atoms with Crippen molar-refractivity contribution in [1.29, 1.82) is 0 Å². The van der Waals surface area contributed by atoms with Crippen molar-refractivity contribution in [2.45, 2.75) is 58.3 Å². The summed E-state index contributed by atoms with van der Waals surface area (Å²) >= 11 is 0. The van der Waals surface area contributed by atoms with Gasteiger partial charge in [0.15, 0.2) is 0 Å². The van der Waals surface area contributed by atoms with Crippen molar-refractivity contribution >= 4 is 16.0 Å². The topological polar surface area (TPSA) is 89.8 Å². The van der Waals surface area contributed by atoms with Gasteiger partial charge in [-0.2, -0.15) is 8.42 Å². The summed E-state index contributed by atoms with van der Waals surface area (Å²) in [6, 6.07) is 0. The summed E-state index contributed by atoms with van der Waals surface area (Å²) in [5, 5.41) is 11.3. The maximum atomic E-state index is 11.3. The van der Waals surface area contributed by atoms with Gasteiger partial charge in [-0.25, -0.2) is 0 Å². The molecule has 0 amide bonds. The minimum absolute atomic E-state index is 0. The van der Waals surface area contributed by atoms with E-state index in [9.17, 15) is 13.5 Å². The molecule has 7 heteroatoms. The molecular formula is C14H26KNO4S. The second kappa shape index (κ2) is 15.6. The van der Waals surface area contributed by atoms with Crippen molar-refractivity contribution in [3.05, 3.63) is 12.2 Å². The molecule has 21 heavy (non-hydrogen) atoms. The van der Waals surface area contributed by atoms with Crippen molar-refractivity contribution < 1.29 is 69.5 Å². The van der Waals surface area contributed by atoms with Crippen molar-refractivity contribution in [2.75, 3.05) is 12.3 Å². The van der Waals surface area contributed by atoms with Crippen LogP contribution in [0.15, 0.2) is 17.1 Å². The molecule has 0 aromatic rings. The molecule has 0 bridgehead atoms. The first-order valence-corrected chi connectivity index (χ1v) is 8.90. The van der Waals surface area contributed by atoms with Gasteiger partial charge < -0.3 is 10.1 Å². The molecule has 0 radical (unpaired) electrons. The molecule has 0 spiro atoms. The summed E-state index contributed by atoms with van der Waals surface area (Å²) < 4.78 is 29.4. The first kappa shape index (κ1) is 24.0. The first-order chi connectivity index (χ1) is 9.45. The third kappa shape index (κ3) is 20.8. The minimum Gasteiger partial charge on any atom is -0.859 e. The van der Waals surface area contributed by atoms with Gasteiger partial charge in [0, 0.05) is 6.54 Å². The Bertz CT molecular complexity index is 394. The van der Waals surface area contributed by atoms with E-state index in [-0.39, 0.29) is 76.0 Å². The molecule has 0 atom stereocenters. The van der Waals surface area contributed by atoms with Gasteiger partial charge in [0.05, 0.1) is 5.75 Å². The second-order valence-electron chi connectivity index (χ2n) is 4.82. The van der Waals surface area contributed by atoms with Crippen LogP contribution in [0.3, 0.4) is 0 Å². The Kier molecular flexibility index (Phi) is 17.9. The van der Waals surface area contributed by atoms with E-state index in [4.69, 9.17) is 4.55 Å². The average Bonchev–Trinajstić information content (AvgIpc) is 2.37. The molecule has 0 aliphatic rings. The monoisotopic (exact) mass is 343 g/mol. The molecule has 0 aromatic heterocycles. The molecule has 0 heterocycles. The number of rotatable bonds is 12. The average molecular weight is 344 g/mol. The van der Waals surface area contributed by atoms with E-state index in [0.717, 1.165) is 12.8 Å². The fraction of sp³-hybridized carbons (Fsp3) is 0.786. The smallest absolute Gasteiger partial charge is 0.859 e. The molecule has 5 nitrogen and oxygen atoms in total. The van der Waals surface area contributed by atoms with Crippen LogP contribution in [0.2, 0.25) is 0 Å². The van der Waals surface area contributed by atoms with E-state index in [1.807, 2.05) is 6.08 Å². The molecule has 0 aliphatic carbocycles. The fourth-order valence-electron chi connectivity index (χ4n) is 1.72. The molecule has 0 fully saturated rings. The van der Waals surface area contributed by atoms with Crippen LogP contribution in [0, 0.1) is 0 Å². The van der Waals surface area contributed by atoms with Crippen LogP contribution in [0.5, 0.6) is 0 Å². The normalized spacial score (nSPS) is 12.6. The Hall–Kier alpha value is 0.756. The standard InChI is InChI=1S/C14H27NO4S.K/c1-2-3-4-5-6-7-8-9-11-14(16)15-12-10-13-20(17,18)19;/h9,11H,2-8,10,12-13H2,1H3,(H,15,16)(H,17,18,19);/q;+1/p-1/b11-9+;. The fourth-order valence-corrected chi connectivity index (χ4v) is 2.21. The Morgan fingerprint density at radius 2 is 1.76 bits per heavy atom. The van der Waals surface area contributed by atoms with Gasteiger partial charge in [-0.3, -0.25) is 4.55 Å². The van der Waals surface area contributed by atoms with Gasteiger partial charge in [0.25, 0.3) is 10.1 Å². The molecule has 118 valence electrons. The minimum atomic E-state index is -3.95. The number of aliphatic imine (C=N–C) groups is 1. The van der Waals surface area contributed by atoms with Crippen LogP contribution in [0.4, 0.5) is 0 Å². The van der Waals surface area contributed by atoms with Crippen LogP contribution in [0.1, 0.15) is 58.3 Å². The van der Waals surface area contributed by atoms with Gasteiger partial charge in [-0.05, 0) is 25.2 Å². The predicted molar refractivity (Wildman–Crippen MR) is 80.5 cm³/mol. The maximum Gasteiger partial charge on any atom is 1.00 e. The van der Waals surface area contributed by atoms with Gasteiger partial charge in [0.1, 0.15) is 0 Å². The zero-order valence-electron chi connectivity index (χ0n) is 13.3. The Balaban J connectivity index is 0. The largest absolute Gasteiger partial charge is 1.00 e. The number of nitrogens with zero attached hydrogens (tertiary/aromatic N) is 1. The van der Waals surface area contributed by atoms with Crippen molar-refractivity contribution in [2.24, 2.45) is 4.99 Å². The summed E-state index contributed by atoms with van der Waals surface area (Å²) in [5.74, 6) is -0.697. The van der Waals surface area contributed by atoms with E-state index in [2.05, 4.69) is 11.9 Å². The molecule has 0 rings (SSSR count). The number of unbranched alkanes of at least 4 members (excludes halogenated alkanes) is 6. The third-order valence-corrected chi connectivity index (χ3v) is 3.62. The second-order valence-corrected chi connectivity index (χ2v) is 6.39. The molecule has 0 aromatic carbocycles. The maximum absolute atomic E-state index is 11.3. The summed E-state index contributed by atoms with van der Waals surface area (Å²) in [7, 11) is -3.95. The van der Waals surface area contributed by atoms with Crippen LogP contribution < -0.4 is 56.5 Å². The summed E-state index contributed by atoms with van der Waals surface area (Å²) in [4.78, 5) is 3.68. The zero-order valence-corrected chi connectivity index (χ0v) is 17.2. The van der Waals surface area contributed by atoms with Gasteiger partial charge in [0.2, 0.25) is 0 Å². The molecule has 0 saturated carbocycles. The van der Waals surface area contributed by atoms with E-state index >= 15 is 0 Å². The SMILES string of the molecule is CCCCCCCC/C=C/C([O-])=NCCCS(=O)(=O)O.[K+]. The Morgan fingerprint density at radius 3 is 2.38 bits per heavy atom. The van der Waals surface area contributed by atoms with Crippen LogP contribution in [-0.4, -0.2) is 31.2 Å². The molecular weight excluding hydrogens is 317 g/mol. The molecule has 0 unspecified atom stereocenters. The summed E-state index contributed by atoms with van der Waals surface area (Å²) in [6.45, 7) is 2.31. The number of allylic oxidation sites excluding steroid dienone is 1. The van der Waals surface area contributed by atoms with Crippen molar-refractivity contribution in [3.63, 3.8) is 0 Å². The van der Waals surface area contributed by atoms with Gasteiger partial charge in [-0.1, -0.05) is 51.2 Å². The number of hydrogen-bond donors (Lipinski definition) is 1. The van der Waals surface area contributed by atoms with Crippen LogP contribution >= 0.6 is 0 Å². The quantitative estimate of drug-likeness (QED) is 0.167. The summed E-state index contributed by atoms with van der Waals surface area (Å²) in [6.07, 6.45) is 11.6. The van der Waals surface area contributed by atoms with Crippen molar-refractivity contribution in [1.82, 2.24) is 0 Å². The third-order valence-electron chi connectivity index (χ3n) is 2.81. The van der Waals surface area contributed by atoms with Gasteiger partial charge in [-0.15, -0.1) is 0 Å². The van der Waals surface area contributed by atoms with E-state index in [1.165, 1.54) is 38.2 Å². The zero-order chi connectivity index (χ0) is 15.3. The predicted octanol–water partition coefficient (Wildman–Crippen LogP) is -0.666. The van der Waals surface area contributed by atoms with Gasteiger partial charge >= 0.3 is 51.4 Å². The molecule has 1 N–H and O–H groups in total. The summed E-state index contributed by atoms with van der Waals surface area (Å²) in [5.41, 5.74) is 0. The Morgan fingerprint density at radius 1 is 1.14 bits per heavy atom. The van der Waals surface area contributed by atoms with E-state index in [1.54, 1.807) is 0 Å². The van der Waals surface area contributed by atoms with E-state index < -0.39 is 10.1 Å². The molecule has 0 aliphatic heterocycles. The van der Waals surface area contributed by atoms with Crippen LogP contribution in [-0.2, 0) is 10.1 Å². The molecule has 0 saturated heterocycles. The van der Waals surface area contributed by atoms with Crippen LogP contribution in [0.25, 0.3) is 0 Å². The van der Waals surface area contributed by atoms with Crippen molar-refractivity contribution in [3.8, 4) is 0 Å².